The molecule has 0 saturated heterocycles. The Morgan fingerprint density at radius 2 is 1.69 bits per heavy atom. The van der Waals surface area contributed by atoms with Gasteiger partial charge < -0.3 is 10.2 Å². The molecule has 0 radical (unpaired) electrons. The maximum Gasteiger partial charge on any atom is 0.416 e. The van der Waals surface area contributed by atoms with Crippen LogP contribution in [-0.4, -0.2) is 29.8 Å². The Balaban J connectivity index is 2.57. The predicted octanol–water partition coefficient (Wildman–Crippen LogP) is 4.15. The van der Waals surface area contributed by atoms with Gasteiger partial charge in [0.25, 0.3) is 17.3 Å². The van der Waals surface area contributed by atoms with Crippen LogP contribution >= 0.6 is 0 Å². The lowest BCUT2D eigenvalue weighted by atomic mass is 10.0. The van der Waals surface area contributed by atoms with E-state index in [4.69, 9.17) is 0 Å². The van der Waals surface area contributed by atoms with Crippen LogP contribution in [0.3, 0.4) is 0 Å². The van der Waals surface area contributed by atoms with Crippen molar-refractivity contribution in [3.8, 4) is 0 Å². The SMILES string of the molecule is Cc1c(C(=O)Nc2cc(C(F)(F)F)ccc2N(C)C)cc([N+](=O)[O-])cc1[N+](=O)[O-]. The van der Waals surface area contributed by atoms with Crippen molar-refractivity contribution in [2.24, 2.45) is 0 Å². The van der Waals surface area contributed by atoms with Crippen LogP contribution in [0, 0.1) is 27.2 Å². The van der Waals surface area contributed by atoms with E-state index in [2.05, 4.69) is 5.32 Å². The van der Waals surface area contributed by atoms with Crippen LogP contribution in [0.15, 0.2) is 30.3 Å². The van der Waals surface area contributed by atoms with Crippen LogP contribution < -0.4 is 10.2 Å². The number of non-ortho nitro benzene ring substituents is 1. The van der Waals surface area contributed by atoms with Gasteiger partial charge in [-0.05, 0) is 25.1 Å². The molecule has 12 heteroatoms. The summed E-state index contributed by atoms with van der Waals surface area (Å²) >= 11 is 0. The zero-order valence-electron chi connectivity index (χ0n) is 15.4. The Labute approximate surface area is 162 Å². The molecule has 0 aromatic heterocycles. The van der Waals surface area contributed by atoms with Crippen LogP contribution in [0.2, 0.25) is 0 Å². The van der Waals surface area contributed by atoms with E-state index in [0.717, 1.165) is 18.2 Å². The molecule has 1 amide bonds. The quantitative estimate of drug-likeness (QED) is 0.582. The largest absolute Gasteiger partial charge is 0.416 e. The van der Waals surface area contributed by atoms with Crippen LogP contribution in [0.5, 0.6) is 0 Å². The summed E-state index contributed by atoms with van der Waals surface area (Å²) < 4.78 is 39.1. The van der Waals surface area contributed by atoms with Crippen molar-refractivity contribution in [3.63, 3.8) is 0 Å². The molecule has 29 heavy (non-hydrogen) atoms. The van der Waals surface area contributed by atoms with E-state index < -0.39 is 44.4 Å². The lowest BCUT2D eigenvalue weighted by molar-refractivity contribution is -0.394. The number of halogens is 3. The first-order valence-electron chi connectivity index (χ1n) is 7.96. The van der Waals surface area contributed by atoms with E-state index in [9.17, 15) is 38.2 Å². The Hall–Kier alpha value is -3.70. The molecule has 1 N–H and O–H groups in total. The molecule has 0 saturated carbocycles. The average Bonchev–Trinajstić information content (AvgIpc) is 2.60. The fourth-order valence-corrected chi connectivity index (χ4v) is 2.61. The second-order valence-electron chi connectivity index (χ2n) is 6.23. The number of nitro groups is 2. The van der Waals surface area contributed by atoms with Gasteiger partial charge in [0.15, 0.2) is 0 Å². The van der Waals surface area contributed by atoms with Crippen molar-refractivity contribution >= 4 is 28.7 Å². The van der Waals surface area contributed by atoms with Crippen molar-refractivity contribution in [1.82, 2.24) is 0 Å². The number of nitrogens with one attached hydrogen (secondary N) is 1. The van der Waals surface area contributed by atoms with Crippen LogP contribution in [0.1, 0.15) is 21.5 Å². The van der Waals surface area contributed by atoms with Gasteiger partial charge in [-0.1, -0.05) is 0 Å². The van der Waals surface area contributed by atoms with E-state index in [1.165, 1.54) is 11.8 Å². The standard InChI is InChI=1S/C17H15F3N4O5/c1-9-12(7-11(23(26)27)8-15(9)24(28)29)16(25)21-13-6-10(17(18,19)20)4-5-14(13)22(2)3/h4-8H,1-3H3,(H,21,25). The second-order valence-corrected chi connectivity index (χ2v) is 6.23. The smallest absolute Gasteiger partial charge is 0.376 e. The number of nitro benzene ring substituents is 2. The Morgan fingerprint density at radius 1 is 1.07 bits per heavy atom. The first-order valence-corrected chi connectivity index (χ1v) is 7.96. The molecule has 0 atom stereocenters. The van der Waals surface area contributed by atoms with Gasteiger partial charge in [0, 0.05) is 25.7 Å². The van der Waals surface area contributed by atoms with Gasteiger partial charge in [-0.3, -0.25) is 25.0 Å². The van der Waals surface area contributed by atoms with E-state index in [1.807, 2.05) is 0 Å². The fraction of sp³-hybridized carbons (Fsp3) is 0.235. The lowest BCUT2D eigenvalue weighted by Gasteiger charge is -2.20. The molecular formula is C17H15F3N4O5. The first-order chi connectivity index (χ1) is 13.3. The third-order valence-corrected chi connectivity index (χ3v) is 4.07. The van der Waals surface area contributed by atoms with E-state index in [0.29, 0.717) is 12.1 Å². The molecule has 0 spiro atoms. The zero-order chi connectivity index (χ0) is 22.1. The third kappa shape index (κ3) is 4.59. The lowest BCUT2D eigenvalue weighted by Crippen LogP contribution is -2.19. The van der Waals surface area contributed by atoms with Gasteiger partial charge in [0.05, 0.1) is 38.4 Å². The molecular weight excluding hydrogens is 397 g/mol. The molecule has 0 fully saturated rings. The highest BCUT2D eigenvalue weighted by molar-refractivity contribution is 6.08. The molecule has 9 nitrogen and oxygen atoms in total. The molecule has 2 rings (SSSR count). The highest BCUT2D eigenvalue weighted by Crippen LogP contribution is 2.35. The summed E-state index contributed by atoms with van der Waals surface area (Å²) in [5, 5.41) is 24.5. The Kier molecular flexibility index (Phi) is 5.76. The van der Waals surface area contributed by atoms with Gasteiger partial charge in [-0.15, -0.1) is 0 Å². The van der Waals surface area contributed by atoms with Crippen molar-refractivity contribution < 1.29 is 27.8 Å². The molecule has 0 bridgehead atoms. The molecule has 2 aromatic carbocycles. The van der Waals surface area contributed by atoms with Gasteiger partial charge >= 0.3 is 6.18 Å². The minimum absolute atomic E-state index is 0.156. The highest BCUT2D eigenvalue weighted by atomic mass is 19.4. The highest BCUT2D eigenvalue weighted by Gasteiger charge is 2.32. The third-order valence-electron chi connectivity index (χ3n) is 4.07. The first kappa shape index (κ1) is 21.6. The van der Waals surface area contributed by atoms with Gasteiger partial charge in [0.1, 0.15) is 0 Å². The number of alkyl halides is 3. The summed E-state index contributed by atoms with van der Waals surface area (Å²) in [7, 11) is 3.09. The molecule has 0 unspecified atom stereocenters. The van der Waals surface area contributed by atoms with E-state index in [-0.39, 0.29) is 16.9 Å². The number of amides is 1. The van der Waals surface area contributed by atoms with Crippen molar-refractivity contribution in [2.75, 3.05) is 24.3 Å². The number of rotatable bonds is 5. The molecule has 0 aliphatic carbocycles. The number of hydrogen-bond acceptors (Lipinski definition) is 6. The number of hydrogen-bond donors (Lipinski definition) is 1. The number of anilines is 2. The minimum Gasteiger partial charge on any atom is -0.376 e. The zero-order valence-corrected chi connectivity index (χ0v) is 15.4. The molecule has 0 aliphatic heterocycles. The summed E-state index contributed by atoms with van der Waals surface area (Å²) in [4.78, 5) is 34.5. The molecule has 154 valence electrons. The number of carbonyl (C=O) groups excluding carboxylic acids is 1. The second kappa shape index (κ2) is 7.73. The topological polar surface area (TPSA) is 119 Å². The van der Waals surface area contributed by atoms with Crippen molar-refractivity contribution in [3.05, 3.63) is 67.3 Å². The summed E-state index contributed by atoms with van der Waals surface area (Å²) in [6, 6.07) is 4.26. The minimum atomic E-state index is -4.66. The summed E-state index contributed by atoms with van der Waals surface area (Å²) in [6.07, 6.45) is -4.66. The number of nitrogens with zero attached hydrogens (tertiary/aromatic N) is 3. The van der Waals surface area contributed by atoms with E-state index in [1.54, 1.807) is 14.1 Å². The Bertz CT molecular complexity index is 1010. The average molecular weight is 412 g/mol. The monoisotopic (exact) mass is 412 g/mol. The summed E-state index contributed by atoms with van der Waals surface area (Å²) in [5.74, 6) is -1.02. The molecule has 0 heterocycles. The molecule has 0 aliphatic rings. The van der Waals surface area contributed by atoms with E-state index >= 15 is 0 Å². The van der Waals surface area contributed by atoms with Gasteiger partial charge in [-0.25, -0.2) is 0 Å². The summed E-state index contributed by atoms with van der Waals surface area (Å²) in [6.45, 7) is 1.22. The normalized spacial score (nSPS) is 11.1. The number of carbonyl (C=O) groups is 1. The summed E-state index contributed by atoms with van der Waals surface area (Å²) in [5.41, 5.74) is -2.87. The van der Waals surface area contributed by atoms with Gasteiger partial charge in [0.2, 0.25) is 0 Å². The fourth-order valence-electron chi connectivity index (χ4n) is 2.61. The van der Waals surface area contributed by atoms with Crippen LogP contribution in [0.25, 0.3) is 0 Å². The predicted molar refractivity (Wildman–Crippen MR) is 98.2 cm³/mol. The van der Waals surface area contributed by atoms with Crippen LogP contribution in [0.4, 0.5) is 35.9 Å². The number of benzene rings is 2. The Morgan fingerprint density at radius 3 is 2.17 bits per heavy atom. The maximum absolute atomic E-state index is 13.0. The van der Waals surface area contributed by atoms with Gasteiger partial charge in [-0.2, -0.15) is 13.2 Å². The molecule has 2 aromatic rings. The van der Waals surface area contributed by atoms with Crippen LogP contribution in [-0.2, 0) is 6.18 Å². The van der Waals surface area contributed by atoms with Crippen molar-refractivity contribution in [2.45, 2.75) is 13.1 Å². The maximum atomic E-state index is 13.0. The van der Waals surface area contributed by atoms with Crippen molar-refractivity contribution in [1.29, 1.82) is 0 Å².